The fourth-order valence-corrected chi connectivity index (χ4v) is 1.58. The van der Waals surface area contributed by atoms with E-state index in [2.05, 4.69) is 4.74 Å². The Labute approximate surface area is 115 Å². The Hall–Kier alpha value is -1.96. The first-order chi connectivity index (χ1) is 9.81. The summed E-state index contributed by atoms with van der Waals surface area (Å²) in [6, 6.07) is 5.24. The van der Waals surface area contributed by atoms with E-state index in [1.807, 2.05) is 0 Å². The van der Waals surface area contributed by atoms with E-state index in [4.69, 9.17) is 4.42 Å². The van der Waals surface area contributed by atoms with Crippen LogP contribution in [0.5, 0.6) is 0 Å². The lowest BCUT2D eigenvalue weighted by molar-refractivity contribution is -0.163. The van der Waals surface area contributed by atoms with Crippen LogP contribution in [-0.2, 0) is 4.74 Å². The van der Waals surface area contributed by atoms with Crippen molar-refractivity contribution in [2.24, 2.45) is 0 Å². The van der Waals surface area contributed by atoms with Crippen molar-refractivity contribution in [3.8, 4) is 0 Å². The van der Waals surface area contributed by atoms with Gasteiger partial charge in [-0.05, 0) is 12.1 Å². The van der Waals surface area contributed by atoms with Gasteiger partial charge in [-0.2, -0.15) is 8.78 Å². The van der Waals surface area contributed by atoms with Crippen LogP contribution in [0.2, 0.25) is 0 Å². The Kier molecular flexibility index (Phi) is 4.26. The average molecular weight is 308 g/mol. The van der Waals surface area contributed by atoms with Gasteiger partial charge in [0.1, 0.15) is 13.2 Å². The first-order valence-electron chi connectivity index (χ1n) is 5.76. The lowest BCUT2D eigenvalue weighted by Gasteiger charge is -2.14. The molecule has 1 aromatic carbocycles. The lowest BCUT2D eigenvalue weighted by atomic mass is 10.2. The molecule has 114 valence electrons. The van der Waals surface area contributed by atoms with Crippen molar-refractivity contribution >= 4 is 16.8 Å². The normalized spacial score (nSPS) is 12.3. The van der Waals surface area contributed by atoms with E-state index in [0.29, 0.717) is 5.39 Å². The van der Waals surface area contributed by atoms with Crippen molar-refractivity contribution in [2.45, 2.75) is 12.3 Å². The number of fused-ring (bicyclic) bond motifs is 1. The maximum atomic E-state index is 13.3. The fourth-order valence-electron chi connectivity index (χ4n) is 1.58. The van der Waals surface area contributed by atoms with Gasteiger partial charge in [-0.1, -0.05) is 12.1 Å². The number of rotatable bonds is 6. The van der Waals surface area contributed by atoms with Crippen LogP contribution < -0.4 is 0 Å². The third kappa shape index (κ3) is 3.38. The standard InChI is InChI=1S/C13H9F5O3/c14-8-3-1-2-7-4-10(21-11(7)8)9(19)5-20-6-13(17,18)12(15)16/h1-4,12H,5-6H2. The predicted octanol–water partition coefficient (Wildman–Crippen LogP) is 3.67. The number of benzene rings is 1. The molecule has 0 radical (unpaired) electrons. The van der Waals surface area contributed by atoms with Gasteiger partial charge in [0.05, 0.1) is 0 Å². The zero-order chi connectivity index (χ0) is 15.6. The SMILES string of the molecule is O=C(COCC(F)(F)C(F)F)c1cc2cccc(F)c2o1. The third-order valence-electron chi connectivity index (χ3n) is 2.62. The van der Waals surface area contributed by atoms with Crippen LogP contribution in [0.25, 0.3) is 11.0 Å². The van der Waals surface area contributed by atoms with Crippen molar-refractivity contribution in [3.05, 3.63) is 35.8 Å². The van der Waals surface area contributed by atoms with Crippen LogP contribution >= 0.6 is 0 Å². The number of hydrogen-bond donors (Lipinski definition) is 0. The maximum absolute atomic E-state index is 13.3. The quantitative estimate of drug-likeness (QED) is 0.604. The number of halogens is 5. The summed E-state index contributed by atoms with van der Waals surface area (Å²) in [5, 5.41) is 0.316. The molecule has 0 unspecified atom stereocenters. The molecule has 2 aromatic rings. The van der Waals surface area contributed by atoms with Gasteiger partial charge in [0, 0.05) is 5.39 Å². The number of ketones is 1. The Morgan fingerprint density at radius 1 is 1.33 bits per heavy atom. The molecule has 0 aliphatic heterocycles. The minimum atomic E-state index is -4.33. The van der Waals surface area contributed by atoms with E-state index in [9.17, 15) is 26.7 Å². The summed E-state index contributed by atoms with van der Waals surface area (Å²) < 4.78 is 71.4. The van der Waals surface area contributed by atoms with Gasteiger partial charge in [-0.25, -0.2) is 13.2 Å². The van der Waals surface area contributed by atoms with Gasteiger partial charge in [0.2, 0.25) is 5.78 Å². The summed E-state index contributed by atoms with van der Waals surface area (Å²) in [7, 11) is 0. The second kappa shape index (κ2) is 5.80. The summed E-state index contributed by atoms with van der Waals surface area (Å²) in [5.41, 5.74) is -0.154. The molecule has 3 nitrogen and oxygen atoms in total. The van der Waals surface area contributed by atoms with Crippen molar-refractivity contribution in [3.63, 3.8) is 0 Å². The van der Waals surface area contributed by atoms with Crippen molar-refractivity contribution in [1.82, 2.24) is 0 Å². The molecule has 0 aliphatic carbocycles. The average Bonchev–Trinajstić information content (AvgIpc) is 2.83. The summed E-state index contributed by atoms with van der Waals surface area (Å²) >= 11 is 0. The van der Waals surface area contributed by atoms with Gasteiger partial charge in [0.15, 0.2) is 17.2 Å². The predicted molar refractivity (Wildman–Crippen MR) is 62.3 cm³/mol. The number of alkyl halides is 4. The Morgan fingerprint density at radius 2 is 2.05 bits per heavy atom. The van der Waals surface area contributed by atoms with E-state index in [1.54, 1.807) is 0 Å². The van der Waals surface area contributed by atoms with Crippen LogP contribution in [0.1, 0.15) is 10.6 Å². The van der Waals surface area contributed by atoms with Crippen LogP contribution in [0.4, 0.5) is 22.0 Å². The minimum absolute atomic E-state index is 0.154. The molecule has 0 N–H and O–H groups in total. The van der Waals surface area contributed by atoms with Gasteiger partial charge in [0.25, 0.3) is 0 Å². The lowest BCUT2D eigenvalue weighted by Crippen LogP contribution is -2.33. The number of carbonyl (C=O) groups excluding carboxylic acids is 1. The Bertz CT molecular complexity index is 650. The monoisotopic (exact) mass is 308 g/mol. The smallest absolute Gasteiger partial charge is 0.330 e. The first kappa shape index (κ1) is 15.4. The molecule has 1 heterocycles. The van der Waals surface area contributed by atoms with Crippen LogP contribution in [0.3, 0.4) is 0 Å². The fraction of sp³-hybridized carbons (Fsp3) is 0.308. The van der Waals surface area contributed by atoms with E-state index in [0.717, 1.165) is 6.07 Å². The molecule has 0 amide bonds. The highest BCUT2D eigenvalue weighted by Crippen LogP contribution is 2.24. The van der Waals surface area contributed by atoms with Crippen LogP contribution in [0, 0.1) is 5.82 Å². The first-order valence-corrected chi connectivity index (χ1v) is 5.76. The third-order valence-corrected chi connectivity index (χ3v) is 2.62. The molecule has 0 saturated heterocycles. The van der Waals surface area contributed by atoms with Crippen molar-refractivity contribution in [2.75, 3.05) is 13.2 Å². The second-order valence-corrected chi connectivity index (χ2v) is 4.25. The molecule has 0 saturated carbocycles. The number of para-hydroxylation sites is 1. The molecule has 0 atom stereocenters. The number of hydrogen-bond acceptors (Lipinski definition) is 3. The molecular formula is C13H9F5O3. The summed E-state index contributed by atoms with van der Waals surface area (Å²) in [4.78, 5) is 11.6. The minimum Gasteiger partial charge on any atom is -0.450 e. The highest BCUT2D eigenvalue weighted by atomic mass is 19.3. The largest absolute Gasteiger partial charge is 0.450 e. The van der Waals surface area contributed by atoms with Gasteiger partial charge in [-0.3, -0.25) is 4.79 Å². The number of ether oxygens (including phenoxy) is 1. The second-order valence-electron chi connectivity index (χ2n) is 4.25. The van der Waals surface area contributed by atoms with Gasteiger partial charge in [-0.15, -0.1) is 0 Å². The van der Waals surface area contributed by atoms with Gasteiger partial charge < -0.3 is 9.15 Å². The molecule has 0 aliphatic rings. The van der Waals surface area contributed by atoms with E-state index in [-0.39, 0.29) is 11.3 Å². The van der Waals surface area contributed by atoms with E-state index >= 15 is 0 Å². The zero-order valence-corrected chi connectivity index (χ0v) is 10.4. The number of Topliss-reactive ketones (excluding diaryl/α,β-unsaturated/α-hetero) is 1. The van der Waals surface area contributed by atoms with Crippen molar-refractivity contribution < 1.29 is 35.9 Å². The van der Waals surface area contributed by atoms with E-state index in [1.165, 1.54) is 18.2 Å². The van der Waals surface area contributed by atoms with Crippen molar-refractivity contribution in [1.29, 1.82) is 0 Å². The Morgan fingerprint density at radius 3 is 2.67 bits per heavy atom. The highest BCUT2D eigenvalue weighted by Gasteiger charge is 2.41. The molecular weight excluding hydrogens is 299 g/mol. The van der Waals surface area contributed by atoms with E-state index < -0.39 is 37.2 Å². The molecule has 21 heavy (non-hydrogen) atoms. The number of furan rings is 1. The van der Waals surface area contributed by atoms with Gasteiger partial charge >= 0.3 is 12.3 Å². The molecule has 0 spiro atoms. The highest BCUT2D eigenvalue weighted by molar-refractivity contribution is 5.98. The molecule has 1 aromatic heterocycles. The maximum Gasteiger partial charge on any atom is 0.330 e. The summed E-state index contributed by atoms with van der Waals surface area (Å²) in [5.74, 6) is -6.16. The number of carbonyl (C=O) groups is 1. The molecule has 0 fully saturated rings. The molecule has 0 bridgehead atoms. The molecule has 8 heteroatoms. The van der Waals surface area contributed by atoms with Crippen LogP contribution in [0.15, 0.2) is 28.7 Å². The topological polar surface area (TPSA) is 39.4 Å². The molecule has 2 rings (SSSR count). The summed E-state index contributed by atoms with van der Waals surface area (Å²) in [6.07, 6.45) is -3.88. The zero-order valence-electron chi connectivity index (χ0n) is 10.4. The summed E-state index contributed by atoms with van der Waals surface area (Å²) in [6.45, 7) is -2.46. The van der Waals surface area contributed by atoms with Crippen LogP contribution in [-0.4, -0.2) is 31.3 Å². The Balaban J connectivity index is 2.01.